The Labute approximate surface area is 107 Å². The van der Waals surface area contributed by atoms with Crippen molar-refractivity contribution in [1.29, 1.82) is 0 Å². The third kappa shape index (κ3) is 1.74. The lowest BCUT2D eigenvalue weighted by Crippen LogP contribution is -2.34. The van der Waals surface area contributed by atoms with Crippen LogP contribution in [0.5, 0.6) is 0 Å². The summed E-state index contributed by atoms with van der Waals surface area (Å²) in [6.07, 6.45) is 1.59. The first kappa shape index (κ1) is 11.8. The fraction of sp³-hybridized carbons (Fsp3) is 0.467. The minimum absolute atomic E-state index is 0.575. The second kappa shape index (κ2) is 4.11. The first-order valence-corrected chi connectivity index (χ1v) is 6.57. The zero-order chi connectivity index (χ0) is 12.8. The molecule has 0 radical (unpaired) electrons. The molecule has 0 bridgehead atoms. The molecular formula is C15H20N2O. The van der Waals surface area contributed by atoms with E-state index in [1.54, 1.807) is 0 Å². The molecule has 3 heteroatoms. The Hall–Kier alpha value is -1.32. The molecule has 1 saturated heterocycles. The molecule has 1 aromatic heterocycles. The fourth-order valence-corrected chi connectivity index (χ4v) is 3.03. The Morgan fingerprint density at radius 3 is 2.89 bits per heavy atom. The highest BCUT2D eigenvalue weighted by Gasteiger charge is 2.32. The van der Waals surface area contributed by atoms with E-state index in [0.717, 1.165) is 19.4 Å². The lowest BCUT2D eigenvalue weighted by Gasteiger charge is -2.21. The number of aromatic nitrogens is 1. The van der Waals surface area contributed by atoms with E-state index >= 15 is 0 Å². The van der Waals surface area contributed by atoms with Gasteiger partial charge in [0.1, 0.15) is 0 Å². The lowest BCUT2D eigenvalue weighted by atomic mass is 9.92. The molecule has 1 fully saturated rings. The first-order chi connectivity index (χ1) is 8.61. The number of para-hydroxylation sites is 1. The molecule has 96 valence electrons. The van der Waals surface area contributed by atoms with Crippen molar-refractivity contribution in [3.8, 4) is 0 Å². The summed E-state index contributed by atoms with van der Waals surface area (Å²) in [6.45, 7) is 3.76. The number of aliphatic hydroxyl groups is 1. The molecule has 0 aliphatic carbocycles. The highest BCUT2D eigenvalue weighted by molar-refractivity contribution is 5.85. The van der Waals surface area contributed by atoms with Gasteiger partial charge in [0.05, 0.1) is 5.60 Å². The van der Waals surface area contributed by atoms with Gasteiger partial charge in [0.25, 0.3) is 0 Å². The van der Waals surface area contributed by atoms with Gasteiger partial charge in [-0.1, -0.05) is 18.2 Å². The number of hydrogen-bond donors (Lipinski definition) is 2. The second-order valence-electron chi connectivity index (χ2n) is 5.47. The summed E-state index contributed by atoms with van der Waals surface area (Å²) < 4.78 is 2.22. The minimum Gasteiger partial charge on any atom is -0.388 e. The third-order valence-corrected chi connectivity index (χ3v) is 4.26. The van der Waals surface area contributed by atoms with Crippen molar-refractivity contribution in [3.63, 3.8) is 0 Å². The van der Waals surface area contributed by atoms with Crippen molar-refractivity contribution < 1.29 is 5.11 Å². The molecule has 18 heavy (non-hydrogen) atoms. The number of nitrogens with one attached hydrogen (secondary N) is 1. The summed E-state index contributed by atoms with van der Waals surface area (Å²) in [5.74, 6) is 0. The Morgan fingerprint density at radius 2 is 2.17 bits per heavy atom. The van der Waals surface area contributed by atoms with E-state index in [1.165, 1.54) is 22.2 Å². The predicted octanol–water partition coefficient (Wildman–Crippen LogP) is 1.75. The molecule has 0 amide bonds. The molecule has 1 aliphatic heterocycles. The van der Waals surface area contributed by atoms with E-state index in [4.69, 9.17) is 0 Å². The average Bonchev–Trinajstić information content (AvgIpc) is 2.89. The number of aryl methyl sites for hydroxylation is 1. The highest BCUT2D eigenvalue weighted by Crippen LogP contribution is 2.30. The van der Waals surface area contributed by atoms with Crippen LogP contribution in [0, 0.1) is 6.92 Å². The predicted molar refractivity (Wildman–Crippen MR) is 73.8 cm³/mol. The molecule has 1 atom stereocenters. The van der Waals surface area contributed by atoms with E-state index in [9.17, 15) is 5.11 Å². The molecule has 0 saturated carbocycles. The molecule has 0 spiro atoms. The van der Waals surface area contributed by atoms with Gasteiger partial charge in [-0.15, -0.1) is 0 Å². The van der Waals surface area contributed by atoms with Gasteiger partial charge in [0.15, 0.2) is 0 Å². The summed E-state index contributed by atoms with van der Waals surface area (Å²) in [6, 6.07) is 8.44. The molecule has 1 aromatic carbocycles. The molecular weight excluding hydrogens is 224 g/mol. The maximum absolute atomic E-state index is 10.6. The van der Waals surface area contributed by atoms with Crippen molar-refractivity contribution in [2.24, 2.45) is 7.05 Å². The molecule has 1 aliphatic rings. The van der Waals surface area contributed by atoms with Crippen LogP contribution in [0.2, 0.25) is 0 Å². The molecule has 2 aromatic rings. The van der Waals surface area contributed by atoms with Gasteiger partial charge in [-0.25, -0.2) is 0 Å². The van der Waals surface area contributed by atoms with Gasteiger partial charge in [0, 0.05) is 36.6 Å². The maximum Gasteiger partial charge on any atom is 0.0824 e. The van der Waals surface area contributed by atoms with Gasteiger partial charge in [-0.2, -0.15) is 0 Å². The number of benzene rings is 1. The quantitative estimate of drug-likeness (QED) is 0.844. The Bertz CT molecular complexity index is 579. The molecule has 2 N–H and O–H groups in total. The van der Waals surface area contributed by atoms with Crippen molar-refractivity contribution >= 4 is 10.9 Å². The highest BCUT2D eigenvalue weighted by atomic mass is 16.3. The summed E-state index contributed by atoms with van der Waals surface area (Å²) in [7, 11) is 2.10. The molecule has 3 nitrogen and oxygen atoms in total. The number of nitrogens with zero attached hydrogens (tertiary/aromatic N) is 1. The van der Waals surface area contributed by atoms with Crippen molar-refractivity contribution in [3.05, 3.63) is 35.5 Å². The fourth-order valence-electron chi connectivity index (χ4n) is 3.03. The van der Waals surface area contributed by atoms with Crippen molar-refractivity contribution in [2.75, 3.05) is 13.1 Å². The monoisotopic (exact) mass is 244 g/mol. The number of rotatable bonds is 2. The molecule has 2 heterocycles. The number of β-amino-alcohol motifs (C(OH)–C–C–N with tert-alkyl or cyclic N) is 1. The van der Waals surface area contributed by atoms with Crippen LogP contribution < -0.4 is 5.32 Å². The van der Waals surface area contributed by atoms with Crippen LogP contribution in [0.3, 0.4) is 0 Å². The van der Waals surface area contributed by atoms with Gasteiger partial charge in [-0.3, -0.25) is 0 Å². The zero-order valence-electron chi connectivity index (χ0n) is 11.0. The van der Waals surface area contributed by atoms with E-state index in [0.29, 0.717) is 6.54 Å². The van der Waals surface area contributed by atoms with Crippen LogP contribution in [0.15, 0.2) is 24.3 Å². The smallest absolute Gasteiger partial charge is 0.0824 e. The number of hydrogen-bond acceptors (Lipinski definition) is 2. The van der Waals surface area contributed by atoms with Gasteiger partial charge in [-0.05, 0) is 31.5 Å². The molecule has 1 unspecified atom stereocenters. The Morgan fingerprint density at radius 1 is 1.39 bits per heavy atom. The molecule has 3 rings (SSSR count). The number of fused-ring (bicyclic) bond motifs is 1. The zero-order valence-corrected chi connectivity index (χ0v) is 11.0. The third-order valence-electron chi connectivity index (χ3n) is 4.26. The van der Waals surface area contributed by atoms with E-state index in [1.807, 2.05) is 0 Å². The summed E-state index contributed by atoms with van der Waals surface area (Å²) in [5.41, 5.74) is 3.23. The van der Waals surface area contributed by atoms with Crippen LogP contribution in [-0.4, -0.2) is 28.4 Å². The van der Waals surface area contributed by atoms with Gasteiger partial charge >= 0.3 is 0 Å². The normalized spacial score (nSPS) is 23.9. The lowest BCUT2D eigenvalue weighted by molar-refractivity contribution is 0.0620. The van der Waals surface area contributed by atoms with Gasteiger partial charge < -0.3 is 15.0 Å². The van der Waals surface area contributed by atoms with Crippen LogP contribution in [0.1, 0.15) is 17.7 Å². The van der Waals surface area contributed by atoms with Crippen LogP contribution in [0.25, 0.3) is 10.9 Å². The summed E-state index contributed by atoms with van der Waals surface area (Å²) in [4.78, 5) is 0. The van der Waals surface area contributed by atoms with Crippen LogP contribution in [0.4, 0.5) is 0 Å². The van der Waals surface area contributed by atoms with E-state index < -0.39 is 5.60 Å². The van der Waals surface area contributed by atoms with E-state index in [2.05, 4.69) is 48.1 Å². The van der Waals surface area contributed by atoms with E-state index in [-0.39, 0.29) is 0 Å². The summed E-state index contributed by atoms with van der Waals surface area (Å²) >= 11 is 0. The summed E-state index contributed by atoms with van der Waals surface area (Å²) in [5, 5.41) is 15.1. The van der Waals surface area contributed by atoms with Crippen LogP contribution in [-0.2, 0) is 13.5 Å². The average molecular weight is 244 g/mol. The SMILES string of the molecule is Cc1c(CC2(O)CCNC2)c2ccccc2n1C. The Balaban J connectivity index is 2.08. The van der Waals surface area contributed by atoms with Crippen molar-refractivity contribution in [1.82, 2.24) is 9.88 Å². The van der Waals surface area contributed by atoms with Crippen LogP contribution >= 0.6 is 0 Å². The first-order valence-electron chi connectivity index (χ1n) is 6.57. The van der Waals surface area contributed by atoms with Crippen molar-refractivity contribution in [2.45, 2.75) is 25.4 Å². The largest absolute Gasteiger partial charge is 0.388 e. The standard InChI is InChI=1S/C15H20N2O/c1-11-13(9-15(18)7-8-16-10-15)12-5-3-4-6-14(12)17(11)2/h3-6,16,18H,7-10H2,1-2H3. The Kier molecular flexibility index (Phi) is 2.68. The topological polar surface area (TPSA) is 37.2 Å². The van der Waals surface area contributed by atoms with Gasteiger partial charge in [0.2, 0.25) is 0 Å². The second-order valence-corrected chi connectivity index (χ2v) is 5.47. The maximum atomic E-state index is 10.6. The minimum atomic E-state index is -0.575.